The monoisotopic (exact) mass is 402 g/mol. The number of aromatic nitrogens is 2. The lowest BCUT2D eigenvalue weighted by Gasteiger charge is -2.22. The number of methoxy groups -OCH3 is 2. The van der Waals surface area contributed by atoms with Gasteiger partial charge in [0.2, 0.25) is 11.8 Å². The van der Waals surface area contributed by atoms with Gasteiger partial charge in [-0.1, -0.05) is 0 Å². The molecule has 2 heterocycles. The second kappa shape index (κ2) is 7.46. The van der Waals surface area contributed by atoms with Crippen molar-refractivity contribution in [3.05, 3.63) is 50.2 Å². The van der Waals surface area contributed by atoms with Crippen molar-refractivity contribution in [1.29, 1.82) is 0 Å². The maximum Gasteiger partial charge on any atom is 0.333 e. The minimum Gasteiger partial charge on any atom is -0.497 e. The van der Waals surface area contributed by atoms with Gasteiger partial charge in [0.25, 0.3) is 5.56 Å². The first-order valence-electron chi connectivity index (χ1n) is 8.79. The highest BCUT2D eigenvalue weighted by atomic mass is 16.5. The Morgan fingerprint density at radius 3 is 2.45 bits per heavy atom. The summed E-state index contributed by atoms with van der Waals surface area (Å²) < 4.78 is 12.5. The van der Waals surface area contributed by atoms with Gasteiger partial charge < -0.3 is 14.6 Å². The lowest BCUT2D eigenvalue weighted by molar-refractivity contribution is -0.130. The molecule has 10 nitrogen and oxygen atoms in total. The van der Waals surface area contributed by atoms with Crippen LogP contribution in [0.1, 0.15) is 30.5 Å². The molecule has 1 N–H and O–H groups in total. The fraction of sp³-hybridized carbons (Fsp3) is 0.368. The Kier molecular flexibility index (Phi) is 5.19. The summed E-state index contributed by atoms with van der Waals surface area (Å²) in [5.74, 6) is 0.241. The van der Waals surface area contributed by atoms with Crippen LogP contribution in [-0.4, -0.2) is 45.1 Å². The number of aromatic hydroxyl groups is 1. The first-order valence-corrected chi connectivity index (χ1v) is 8.79. The van der Waals surface area contributed by atoms with E-state index in [1.807, 2.05) is 0 Å². The number of rotatable bonds is 4. The van der Waals surface area contributed by atoms with Crippen molar-refractivity contribution in [3.8, 4) is 17.4 Å². The highest BCUT2D eigenvalue weighted by molar-refractivity contribution is 6.04. The fourth-order valence-electron chi connectivity index (χ4n) is 3.37. The van der Waals surface area contributed by atoms with Crippen LogP contribution in [0.5, 0.6) is 17.4 Å². The van der Waals surface area contributed by atoms with Crippen LogP contribution in [0.2, 0.25) is 0 Å². The highest BCUT2D eigenvalue weighted by Gasteiger charge is 2.36. The van der Waals surface area contributed by atoms with E-state index in [0.717, 1.165) is 9.13 Å². The average molecular weight is 402 g/mol. The van der Waals surface area contributed by atoms with Gasteiger partial charge >= 0.3 is 5.69 Å². The number of amides is 1. The minimum absolute atomic E-state index is 0.115. The van der Waals surface area contributed by atoms with Crippen molar-refractivity contribution in [2.24, 2.45) is 19.2 Å². The van der Waals surface area contributed by atoms with Crippen LogP contribution in [-0.2, 0) is 18.9 Å². The molecule has 3 rings (SSSR count). The van der Waals surface area contributed by atoms with Gasteiger partial charge in [-0.25, -0.2) is 9.80 Å². The van der Waals surface area contributed by atoms with Crippen LogP contribution in [0.25, 0.3) is 0 Å². The van der Waals surface area contributed by atoms with Gasteiger partial charge in [-0.2, -0.15) is 5.10 Å². The van der Waals surface area contributed by atoms with E-state index in [1.54, 1.807) is 18.2 Å². The molecule has 0 aliphatic carbocycles. The van der Waals surface area contributed by atoms with Gasteiger partial charge in [0.15, 0.2) is 0 Å². The number of hydrogen-bond acceptors (Lipinski definition) is 7. The van der Waals surface area contributed by atoms with E-state index in [2.05, 4.69) is 5.10 Å². The summed E-state index contributed by atoms with van der Waals surface area (Å²) in [7, 11) is 5.70. The van der Waals surface area contributed by atoms with Crippen LogP contribution in [0, 0.1) is 0 Å². The Bertz CT molecular complexity index is 1130. The summed E-state index contributed by atoms with van der Waals surface area (Å²) >= 11 is 0. The summed E-state index contributed by atoms with van der Waals surface area (Å²) in [5, 5.41) is 16.0. The fourth-order valence-corrected chi connectivity index (χ4v) is 3.37. The van der Waals surface area contributed by atoms with Crippen molar-refractivity contribution >= 4 is 11.6 Å². The van der Waals surface area contributed by atoms with Crippen molar-refractivity contribution in [1.82, 2.24) is 14.1 Å². The molecule has 1 amide bonds. The number of hydrazone groups is 1. The molecule has 0 saturated heterocycles. The molecule has 0 fully saturated rings. The van der Waals surface area contributed by atoms with Gasteiger partial charge in [-0.15, -0.1) is 0 Å². The molecule has 0 bridgehead atoms. The minimum atomic E-state index is -0.685. The molecule has 1 aromatic carbocycles. The molecule has 1 aliphatic rings. The van der Waals surface area contributed by atoms with Crippen LogP contribution in [0.4, 0.5) is 0 Å². The summed E-state index contributed by atoms with van der Waals surface area (Å²) in [4.78, 5) is 36.9. The Balaban J connectivity index is 2.14. The Labute approximate surface area is 166 Å². The van der Waals surface area contributed by atoms with Gasteiger partial charge in [0.05, 0.1) is 26.0 Å². The average Bonchev–Trinajstić information content (AvgIpc) is 3.15. The highest BCUT2D eigenvalue weighted by Crippen LogP contribution is 2.39. The molecular weight excluding hydrogens is 380 g/mol. The number of benzene rings is 1. The van der Waals surface area contributed by atoms with Crippen molar-refractivity contribution < 1.29 is 19.4 Å². The lowest BCUT2D eigenvalue weighted by atomic mass is 9.98. The molecule has 0 unspecified atom stereocenters. The molecule has 154 valence electrons. The van der Waals surface area contributed by atoms with Crippen LogP contribution in [0.3, 0.4) is 0 Å². The number of carbonyl (C=O) groups excluding carboxylic acids is 1. The van der Waals surface area contributed by atoms with Gasteiger partial charge in [0, 0.05) is 39.1 Å². The number of nitrogens with zero attached hydrogens (tertiary/aromatic N) is 4. The Morgan fingerprint density at radius 2 is 1.86 bits per heavy atom. The van der Waals surface area contributed by atoms with E-state index in [9.17, 15) is 19.5 Å². The van der Waals surface area contributed by atoms with Gasteiger partial charge in [0.1, 0.15) is 17.1 Å². The SMILES string of the molecule is COc1ccc([C@H]2CC(c3c(O)n(C)c(=O)n(C)c3=O)=NN2C(C)=O)c(OC)c1. The molecule has 10 heteroatoms. The van der Waals surface area contributed by atoms with Crippen molar-refractivity contribution in [2.45, 2.75) is 19.4 Å². The van der Waals surface area contributed by atoms with E-state index < -0.39 is 23.2 Å². The normalized spacial score (nSPS) is 16.0. The van der Waals surface area contributed by atoms with E-state index in [0.29, 0.717) is 17.1 Å². The molecule has 1 aliphatic heterocycles. The Morgan fingerprint density at radius 1 is 1.17 bits per heavy atom. The second-order valence-electron chi connectivity index (χ2n) is 6.64. The molecule has 0 saturated carbocycles. The van der Waals surface area contributed by atoms with E-state index in [1.165, 1.54) is 40.2 Å². The van der Waals surface area contributed by atoms with Crippen LogP contribution >= 0.6 is 0 Å². The standard InChI is InChI=1S/C19H22N4O6/c1-10(24)23-14(12-7-6-11(28-4)8-15(12)29-5)9-13(20-23)16-17(25)21(2)19(27)22(3)18(16)26/h6-8,14,25H,9H2,1-5H3/t14-/m1/s1. The third-order valence-electron chi connectivity index (χ3n) is 4.95. The molecular formula is C19H22N4O6. The van der Waals surface area contributed by atoms with E-state index >= 15 is 0 Å². The van der Waals surface area contributed by atoms with Crippen molar-refractivity contribution in [3.63, 3.8) is 0 Å². The number of ether oxygens (including phenoxy) is 2. The summed E-state index contributed by atoms with van der Waals surface area (Å²) in [6.45, 7) is 1.36. The largest absolute Gasteiger partial charge is 0.497 e. The first kappa shape index (κ1) is 20.2. The molecule has 0 radical (unpaired) electrons. The smallest absolute Gasteiger partial charge is 0.333 e. The third kappa shape index (κ3) is 3.26. The molecule has 2 aromatic rings. The predicted molar refractivity (Wildman–Crippen MR) is 105 cm³/mol. The zero-order valence-corrected chi connectivity index (χ0v) is 16.8. The number of hydrogen-bond donors (Lipinski definition) is 1. The maximum atomic E-state index is 12.6. The van der Waals surface area contributed by atoms with Gasteiger partial charge in [-0.3, -0.25) is 18.7 Å². The maximum absolute atomic E-state index is 12.6. The second-order valence-corrected chi connectivity index (χ2v) is 6.64. The molecule has 0 spiro atoms. The van der Waals surface area contributed by atoms with Crippen LogP contribution in [0.15, 0.2) is 32.9 Å². The lowest BCUT2D eigenvalue weighted by Crippen LogP contribution is -2.39. The quantitative estimate of drug-likeness (QED) is 0.797. The third-order valence-corrected chi connectivity index (χ3v) is 4.95. The zero-order valence-electron chi connectivity index (χ0n) is 16.8. The topological polar surface area (TPSA) is 115 Å². The summed E-state index contributed by atoms with van der Waals surface area (Å²) in [5.41, 5.74) is -0.585. The van der Waals surface area contributed by atoms with E-state index in [4.69, 9.17) is 9.47 Å². The predicted octanol–water partition coefficient (Wildman–Crippen LogP) is 0.504. The number of carbonyl (C=O) groups is 1. The van der Waals surface area contributed by atoms with Gasteiger partial charge in [-0.05, 0) is 12.1 Å². The van der Waals surface area contributed by atoms with E-state index in [-0.39, 0.29) is 23.6 Å². The Hall–Kier alpha value is -3.56. The molecule has 29 heavy (non-hydrogen) atoms. The summed E-state index contributed by atoms with van der Waals surface area (Å²) in [6.07, 6.45) is 0.156. The first-order chi connectivity index (χ1) is 13.7. The molecule has 1 atom stereocenters. The van der Waals surface area contributed by atoms with Crippen molar-refractivity contribution in [2.75, 3.05) is 14.2 Å². The summed E-state index contributed by atoms with van der Waals surface area (Å²) in [6, 6.07) is 4.63. The molecule has 1 aromatic heterocycles. The zero-order chi connectivity index (χ0) is 21.5. The van der Waals surface area contributed by atoms with Crippen LogP contribution < -0.4 is 20.7 Å².